The number of nitrogens with one attached hydrogen (secondary N) is 1. The van der Waals surface area contributed by atoms with Gasteiger partial charge < -0.3 is 10.2 Å². The molecule has 0 aliphatic rings. The smallest absolute Gasteiger partial charge is 0.0363 e. The Hall–Kier alpha value is -1.02. The Morgan fingerprint density at radius 3 is 2.26 bits per heavy atom. The Labute approximate surface area is 119 Å². The zero-order valence-electron chi connectivity index (χ0n) is 13.1. The summed E-state index contributed by atoms with van der Waals surface area (Å²) in [5, 5.41) is 3.60. The summed E-state index contributed by atoms with van der Waals surface area (Å²) in [7, 11) is 2.18. The fraction of sp³-hybridized carbons (Fsp3) is 0.647. The second-order valence-electron chi connectivity index (χ2n) is 5.28. The molecule has 1 atom stereocenters. The summed E-state index contributed by atoms with van der Waals surface area (Å²) in [5.41, 5.74) is 2.73. The normalized spacial score (nSPS) is 12.4. The summed E-state index contributed by atoms with van der Waals surface area (Å²) < 4.78 is 0. The first-order chi connectivity index (χ1) is 9.22. The average Bonchev–Trinajstić information content (AvgIpc) is 2.46. The molecule has 0 fully saturated rings. The molecule has 1 aromatic rings. The van der Waals surface area contributed by atoms with Gasteiger partial charge in [-0.25, -0.2) is 0 Å². The van der Waals surface area contributed by atoms with E-state index in [2.05, 4.69) is 62.3 Å². The molecule has 0 aromatic heterocycles. The first-order valence-electron chi connectivity index (χ1n) is 7.77. The fourth-order valence-electron chi connectivity index (χ4n) is 2.30. The van der Waals surface area contributed by atoms with Crippen molar-refractivity contribution in [3.63, 3.8) is 0 Å². The van der Waals surface area contributed by atoms with E-state index in [1.807, 2.05) is 0 Å². The number of benzene rings is 1. The van der Waals surface area contributed by atoms with E-state index < -0.39 is 0 Å². The Bertz CT molecular complexity index is 332. The van der Waals surface area contributed by atoms with Crippen LogP contribution in [-0.4, -0.2) is 20.1 Å². The zero-order valence-corrected chi connectivity index (χ0v) is 13.1. The van der Waals surface area contributed by atoms with E-state index >= 15 is 0 Å². The van der Waals surface area contributed by atoms with Crippen molar-refractivity contribution in [2.75, 3.05) is 25.0 Å². The summed E-state index contributed by atoms with van der Waals surface area (Å²) in [6.45, 7) is 8.93. The summed E-state index contributed by atoms with van der Waals surface area (Å²) in [4.78, 5) is 2.34. The van der Waals surface area contributed by atoms with E-state index in [1.165, 1.54) is 30.5 Å². The van der Waals surface area contributed by atoms with Crippen LogP contribution in [0.25, 0.3) is 0 Å². The molecule has 0 aliphatic heterocycles. The number of hydrogen-bond donors (Lipinski definition) is 1. The Kier molecular flexibility index (Phi) is 7.57. The van der Waals surface area contributed by atoms with Crippen LogP contribution in [0.4, 0.5) is 5.69 Å². The van der Waals surface area contributed by atoms with Gasteiger partial charge in [0, 0.05) is 25.3 Å². The number of nitrogens with zero attached hydrogens (tertiary/aromatic N) is 1. The Balaban J connectivity index is 2.63. The van der Waals surface area contributed by atoms with E-state index in [1.54, 1.807) is 0 Å². The Morgan fingerprint density at radius 1 is 1.05 bits per heavy atom. The van der Waals surface area contributed by atoms with Crippen LogP contribution in [0, 0.1) is 0 Å². The molecule has 0 heterocycles. The predicted molar refractivity (Wildman–Crippen MR) is 85.9 cm³/mol. The molecule has 0 radical (unpaired) electrons. The monoisotopic (exact) mass is 262 g/mol. The number of rotatable bonds is 9. The van der Waals surface area contributed by atoms with Crippen molar-refractivity contribution in [1.29, 1.82) is 0 Å². The van der Waals surface area contributed by atoms with Gasteiger partial charge in [-0.05, 0) is 43.5 Å². The molecule has 0 aliphatic carbocycles. The van der Waals surface area contributed by atoms with Gasteiger partial charge in [-0.3, -0.25) is 0 Å². The van der Waals surface area contributed by atoms with Crippen LogP contribution in [0.1, 0.15) is 58.1 Å². The molecule has 1 unspecified atom stereocenters. The van der Waals surface area contributed by atoms with Crippen molar-refractivity contribution in [3.8, 4) is 0 Å². The van der Waals surface area contributed by atoms with Crippen molar-refractivity contribution in [2.24, 2.45) is 0 Å². The van der Waals surface area contributed by atoms with Crippen LogP contribution in [0.3, 0.4) is 0 Å². The molecule has 2 heteroatoms. The third kappa shape index (κ3) is 5.23. The van der Waals surface area contributed by atoms with Crippen molar-refractivity contribution >= 4 is 5.69 Å². The minimum atomic E-state index is 0.495. The van der Waals surface area contributed by atoms with Crippen molar-refractivity contribution in [1.82, 2.24) is 5.32 Å². The maximum atomic E-state index is 3.60. The van der Waals surface area contributed by atoms with E-state index in [-0.39, 0.29) is 0 Å². The van der Waals surface area contributed by atoms with E-state index in [9.17, 15) is 0 Å². The molecule has 0 saturated carbocycles. The van der Waals surface area contributed by atoms with Crippen LogP contribution in [0.5, 0.6) is 0 Å². The van der Waals surface area contributed by atoms with Crippen molar-refractivity contribution in [3.05, 3.63) is 29.8 Å². The first kappa shape index (κ1) is 16.0. The largest absolute Gasteiger partial charge is 0.375 e. The lowest BCUT2D eigenvalue weighted by molar-refractivity contribution is 0.518. The molecule has 1 aromatic carbocycles. The van der Waals surface area contributed by atoms with Crippen molar-refractivity contribution < 1.29 is 0 Å². The number of hydrogen-bond acceptors (Lipinski definition) is 2. The van der Waals surface area contributed by atoms with Crippen LogP contribution in [0.15, 0.2) is 24.3 Å². The lowest BCUT2D eigenvalue weighted by Gasteiger charge is -2.21. The van der Waals surface area contributed by atoms with E-state index in [0.717, 1.165) is 19.5 Å². The summed E-state index contributed by atoms with van der Waals surface area (Å²) in [5.74, 6) is 0. The second-order valence-corrected chi connectivity index (χ2v) is 5.28. The maximum Gasteiger partial charge on any atom is 0.0363 e. The van der Waals surface area contributed by atoms with E-state index in [4.69, 9.17) is 0 Å². The van der Waals surface area contributed by atoms with Crippen LogP contribution in [0.2, 0.25) is 0 Å². The quantitative estimate of drug-likeness (QED) is 0.710. The highest BCUT2D eigenvalue weighted by Gasteiger charge is 2.08. The molecule has 0 bridgehead atoms. The second kappa shape index (κ2) is 8.98. The topological polar surface area (TPSA) is 15.3 Å². The lowest BCUT2D eigenvalue weighted by atomic mass is 10.0. The van der Waals surface area contributed by atoms with Crippen LogP contribution in [-0.2, 0) is 0 Å². The molecule has 19 heavy (non-hydrogen) atoms. The zero-order chi connectivity index (χ0) is 14.1. The van der Waals surface area contributed by atoms with Gasteiger partial charge in [0.05, 0.1) is 0 Å². The molecule has 2 nitrogen and oxygen atoms in total. The van der Waals surface area contributed by atoms with Gasteiger partial charge in [0.15, 0.2) is 0 Å². The highest BCUT2D eigenvalue weighted by atomic mass is 15.1. The van der Waals surface area contributed by atoms with Gasteiger partial charge >= 0.3 is 0 Å². The number of anilines is 1. The molecule has 0 spiro atoms. The summed E-state index contributed by atoms with van der Waals surface area (Å²) in [6, 6.07) is 9.54. The van der Waals surface area contributed by atoms with Gasteiger partial charge in [0.25, 0.3) is 0 Å². The fourth-order valence-corrected chi connectivity index (χ4v) is 2.30. The SMILES string of the molecule is CCCCN(C)c1ccc(C(CC)NCCC)cc1. The third-order valence-corrected chi connectivity index (χ3v) is 3.63. The first-order valence-corrected chi connectivity index (χ1v) is 7.77. The summed E-state index contributed by atoms with van der Waals surface area (Å²) >= 11 is 0. The molecule has 1 N–H and O–H groups in total. The van der Waals surface area contributed by atoms with Gasteiger partial charge in [-0.1, -0.05) is 39.3 Å². The predicted octanol–water partition coefficient (Wildman–Crippen LogP) is 4.37. The highest BCUT2D eigenvalue weighted by molar-refractivity contribution is 5.47. The van der Waals surface area contributed by atoms with Crippen LogP contribution >= 0.6 is 0 Å². The minimum Gasteiger partial charge on any atom is -0.375 e. The molecular formula is C17H30N2. The van der Waals surface area contributed by atoms with Gasteiger partial charge in [-0.15, -0.1) is 0 Å². The minimum absolute atomic E-state index is 0.495. The van der Waals surface area contributed by atoms with Gasteiger partial charge in [0.2, 0.25) is 0 Å². The molecule has 1 rings (SSSR count). The van der Waals surface area contributed by atoms with Gasteiger partial charge in [0.1, 0.15) is 0 Å². The third-order valence-electron chi connectivity index (χ3n) is 3.63. The molecule has 0 amide bonds. The molecular weight excluding hydrogens is 232 g/mol. The summed E-state index contributed by atoms with van der Waals surface area (Å²) in [6.07, 6.45) is 4.84. The number of unbranched alkanes of at least 4 members (excludes halogenated alkanes) is 1. The average molecular weight is 262 g/mol. The molecule has 0 saturated heterocycles. The van der Waals surface area contributed by atoms with E-state index in [0.29, 0.717) is 6.04 Å². The lowest BCUT2D eigenvalue weighted by Crippen LogP contribution is -2.22. The van der Waals surface area contributed by atoms with Crippen LogP contribution < -0.4 is 10.2 Å². The standard InChI is InChI=1S/C17H30N2/c1-5-8-14-19(4)16-11-9-15(10-12-16)17(7-3)18-13-6-2/h9-12,17-18H,5-8,13-14H2,1-4H3. The van der Waals surface area contributed by atoms with Crippen molar-refractivity contribution in [2.45, 2.75) is 52.5 Å². The highest BCUT2D eigenvalue weighted by Crippen LogP contribution is 2.21. The Morgan fingerprint density at radius 2 is 1.74 bits per heavy atom. The van der Waals surface area contributed by atoms with Gasteiger partial charge in [-0.2, -0.15) is 0 Å². The maximum absolute atomic E-state index is 3.60. The molecule has 108 valence electrons.